The number of nitrogens with one attached hydrogen (secondary N) is 1. The summed E-state index contributed by atoms with van der Waals surface area (Å²) in [6.07, 6.45) is -3.48. The van der Waals surface area contributed by atoms with Gasteiger partial charge in [-0.05, 0) is 26.8 Å². The molecule has 0 aromatic carbocycles. The van der Waals surface area contributed by atoms with E-state index in [0.29, 0.717) is 0 Å². The maximum absolute atomic E-state index is 12.5. The van der Waals surface area contributed by atoms with Gasteiger partial charge >= 0.3 is 12.1 Å². The maximum Gasteiger partial charge on any atom is 0.435 e. The quantitative estimate of drug-likeness (QED) is 0.663. The van der Waals surface area contributed by atoms with Gasteiger partial charge in [0.2, 0.25) is 5.91 Å². The number of nitrogens with zero attached hydrogens (tertiary/aromatic N) is 2. The van der Waals surface area contributed by atoms with Gasteiger partial charge in [0, 0.05) is 17.5 Å². The van der Waals surface area contributed by atoms with E-state index in [-0.39, 0.29) is 18.0 Å². The predicted octanol–water partition coefficient (Wildman–Crippen LogP) is 1.79. The molecular weight excluding hydrogens is 303 g/mol. The van der Waals surface area contributed by atoms with Crippen LogP contribution in [0.4, 0.5) is 13.2 Å². The summed E-state index contributed by atoms with van der Waals surface area (Å²) in [4.78, 5) is 22.9. The van der Waals surface area contributed by atoms with Crippen LogP contribution in [0.5, 0.6) is 0 Å². The predicted molar refractivity (Wildman–Crippen MR) is 70.5 cm³/mol. The first-order valence-corrected chi connectivity index (χ1v) is 6.40. The summed E-state index contributed by atoms with van der Waals surface area (Å²) < 4.78 is 43.1. The van der Waals surface area contributed by atoms with Crippen LogP contribution in [0.3, 0.4) is 0 Å². The summed E-state index contributed by atoms with van der Waals surface area (Å²) >= 11 is 0. The normalized spacial score (nSPS) is 12.2. The summed E-state index contributed by atoms with van der Waals surface area (Å²) in [6.45, 7) is 4.32. The third kappa shape index (κ3) is 5.23. The second-order valence-corrected chi connectivity index (χ2v) is 4.45. The lowest BCUT2D eigenvalue weighted by Gasteiger charge is -2.07. The van der Waals surface area contributed by atoms with Crippen LogP contribution >= 0.6 is 0 Å². The van der Waals surface area contributed by atoms with Crippen molar-refractivity contribution in [1.29, 1.82) is 0 Å². The zero-order chi connectivity index (χ0) is 16.9. The second-order valence-electron chi connectivity index (χ2n) is 4.45. The molecule has 1 amide bonds. The van der Waals surface area contributed by atoms with Crippen molar-refractivity contribution in [3.05, 3.63) is 29.2 Å². The van der Waals surface area contributed by atoms with Crippen molar-refractivity contribution in [2.24, 2.45) is 0 Å². The van der Waals surface area contributed by atoms with Crippen LogP contribution in [0.2, 0.25) is 0 Å². The number of aryl methyl sites for hydroxylation is 1. The number of carbonyl (C=O) groups is 2. The monoisotopic (exact) mass is 319 g/mol. The van der Waals surface area contributed by atoms with Crippen LogP contribution in [-0.4, -0.2) is 28.3 Å². The third-order valence-corrected chi connectivity index (χ3v) is 2.52. The van der Waals surface area contributed by atoms with Gasteiger partial charge in [-0.3, -0.25) is 9.48 Å². The summed E-state index contributed by atoms with van der Waals surface area (Å²) in [5, 5.41) is 5.71. The Bertz CT molecular complexity index is 591. The molecule has 0 aliphatic heterocycles. The minimum atomic E-state index is -4.56. The van der Waals surface area contributed by atoms with Gasteiger partial charge in [-0.25, -0.2) is 4.79 Å². The zero-order valence-corrected chi connectivity index (χ0v) is 12.3. The molecule has 1 rings (SSSR count). The highest BCUT2D eigenvalue weighted by atomic mass is 19.4. The number of hydrogen-bond donors (Lipinski definition) is 1. The molecule has 6 nitrogen and oxygen atoms in total. The van der Waals surface area contributed by atoms with Crippen molar-refractivity contribution in [3.8, 4) is 0 Å². The van der Waals surface area contributed by atoms with Gasteiger partial charge in [-0.1, -0.05) is 0 Å². The average Bonchev–Trinajstić information content (AvgIpc) is 2.70. The number of esters is 1. The Morgan fingerprint density at radius 3 is 2.59 bits per heavy atom. The number of allylic oxidation sites excluding steroid dienone is 1. The number of aromatic nitrogens is 2. The van der Waals surface area contributed by atoms with E-state index >= 15 is 0 Å². The van der Waals surface area contributed by atoms with Gasteiger partial charge in [0.05, 0.1) is 6.61 Å². The molecule has 1 N–H and O–H groups in total. The van der Waals surface area contributed by atoms with E-state index in [1.807, 2.05) is 0 Å². The Kier molecular flexibility index (Phi) is 5.72. The molecule has 22 heavy (non-hydrogen) atoms. The maximum atomic E-state index is 12.5. The molecule has 0 aliphatic rings. The Morgan fingerprint density at radius 1 is 1.45 bits per heavy atom. The first-order valence-electron chi connectivity index (χ1n) is 6.40. The number of amides is 1. The van der Waals surface area contributed by atoms with Crippen molar-refractivity contribution in [2.75, 3.05) is 6.61 Å². The first-order chi connectivity index (χ1) is 10.1. The summed E-state index contributed by atoms with van der Waals surface area (Å²) in [6, 6.07) is 0.856. The number of carbonyl (C=O) groups excluding carboxylic acids is 2. The lowest BCUT2D eigenvalue weighted by molar-refractivity contribution is -0.142. The Labute approximate surface area is 124 Å². The molecular formula is C13H16F3N3O3. The lowest BCUT2D eigenvalue weighted by Crippen LogP contribution is -2.27. The standard InChI is InChI=1S/C13H16F3N3O3/c1-4-22-12(21)5-8(2)17-11(20)7-19-9(3)6-10(18-19)13(14,15)16/h5-6H,4,7H2,1-3H3,(H,17,20)/b8-5+. The Balaban J connectivity index is 2.70. The fraction of sp³-hybridized carbons (Fsp3) is 0.462. The third-order valence-electron chi connectivity index (χ3n) is 2.52. The van der Waals surface area contributed by atoms with Crippen LogP contribution < -0.4 is 5.32 Å². The number of hydrogen-bond acceptors (Lipinski definition) is 4. The highest BCUT2D eigenvalue weighted by Gasteiger charge is 2.34. The van der Waals surface area contributed by atoms with E-state index in [9.17, 15) is 22.8 Å². The molecule has 0 unspecified atom stereocenters. The molecule has 0 spiro atoms. The molecule has 0 atom stereocenters. The van der Waals surface area contributed by atoms with E-state index < -0.39 is 30.3 Å². The van der Waals surface area contributed by atoms with Crippen LogP contribution in [0.1, 0.15) is 25.2 Å². The summed E-state index contributed by atoms with van der Waals surface area (Å²) in [5.41, 5.74) is -0.629. The summed E-state index contributed by atoms with van der Waals surface area (Å²) in [5.74, 6) is -1.21. The van der Waals surface area contributed by atoms with Crippen LogP contribution in [0, 0.1) is 6.92 Å². The van der Waals surface area contributed by atoms with Gasteiger partial charge in [0.15, 0.2) is 5.69 Å². The smallest absolute Gasteiger partial charge is 0.435 e. The fourth-order valence-electron chi connectivity index (χ4n) is 1.60. The minimum Gasteiger partial charge on any atom is -0.463 e. The SMILES string of the molecule is CCOC(=O)/C=C(\C)NC(=O)Cn1nc(C(F)(F)F)cc1C. The molecule has 0 aliphatic carbocycles. The minimum absolute atomic E-state index is 0.198. The number of rotatable bonds is 5. The van der Waals surface area contributed by atoms with Gasteiger partial charge in [-0.2, -0.15) is 18.3 Å². The molecule has 122 valence electrons. The van der Waals surface area contributed by atoms with E-state index in [4.69, 9.17) is 0 Å². The van der Waals surface area contributed by atoms with E-state index in [1.54, 1.807) is 6.92 Å². The van der Waals surface area contributed by atoms with Crippen LogP contribution in [0.25, 0.3) is 0 Å². The Hall–Kier alpha value is -2.32. The van der Waals surface area contributed by atoms with Gasteiger partial charge < -0.3 is 10.1 Å². The molecule has 0 radical (unpaired) electrons. The molecule has 0 saturated carbocycles. The van der Waals surface area contributed by atoms with Crippen molar-refractivity contribution < 1.29 is 27.5 Å². The van der Waals surface area contributed by atoms with Crippen LogP contribution in [-0.2, 0) is 27.0 Å². The largest absolute Gasteiger partial charge is 0.463 e. The molecule has 0 fully saturated rings. The van der Waals surface area contributed by atoms with E-state index in [2.05, 4.69) is 15.2 Å². The van der Waals surface area contributed by atoms with Gasteiger partial charge in [0.1, 0.15) is 6.54 Å². The van der Waals surface area contributed by atoms with Crippen molar-refractivity contribution in [3.63, 3.8) is 0 Å². The molecule has 0 bridgehead atoms. The zero-order valence-electron chi connectivity index (χ0n) is 12.3. The number of halogens is 3. The average molecular weight is 319 g/mol. The second kappa shape index (κ2) is 7.10. The van der Waals surface area contributed by atoms with E-state index in [1.165, 1.54) is 13.8 Å². The summed E-state index contributed by atoms with van der Waals surface area (Å²) in [7, 11) is 0. The number of ether oxygens (including phenoxy) is 1. The van der Waals surface area contributed by atoms with E-state index in [0.717, 1.165) is 16.8 Å². The van der Waals surface area contributed by atoms with Crippen molar-refractivity contribution in [1.82, 2.24) is 15.1 Å². The topological polar surface area (TPSA) is 73.2 Å². The lowest BCUT2D eigenvalue weighted by atomic mass is 10.3. The molecule has 9 heteroatoms. The van der Waals surface area contributed by atoms with Crippen LogP contribution in [0.15, 0.2) is 17.8 Å². The molecule has 0 saturated heterocycles. The highest BCUT2D eigenvalue weighted by Crippen LogP contribution is 2.28. The van der Waals surface area contributed by atoms with Crippen molar-refractivity contribution in [2.45, 2.75) is 33.5 Å². The number of alkyl halides is 3. The van der Waals surface area contributed by atoms with Gasteiger partial charge in [-0.15, -0.1) is 0 Å². The van der Waals surface area contributed by atoms with Gasteiger partial charge in [0.25, 0.3) is 0 Å². The molecule has 1 aromatic rings. The fourth-order valence-corrected chi connectivity index (χ4v) is 1.60. The first kappa shape index (κ1) is 17.7. The Morgan fingerprint density at radius 2 is 2.09 bits per heavy atom. The molecule has 1 heterocycles. The molecule has 1 aromatic heterocycles. The highest BCUT2D eigenvalue weighted by molar-refractivity contribution is 5.84. The van der Waals surface area contributed by atoms with Crippen molar-refractivity contribution >= 4 is 11.9 Å².